The summed E-state index contributed by atoms with van der Waals surface area (Å²) in [6.45, 7) is 1.37. The predicted octanol–water partition coefficient (Wildman–Crippen LogP) is 2.76. The van der Waals surface area contributed by atoms with Gasteiger partial charge in [-0.15, -0.1) is 0 Å². The Morgan fingerprint density at radius 1 is 1.35 bits per heavy atom. The highest BCUT2D eigenvalue weighted by Crippen LogP contribution is 2.18. The van der Waals surface area contributed by atoms with Crippen molar-refractivity contribution in [1.82, 2.24) is 4.90 Å². The van der Waals surface area contributed by atoms with Crippen LogP contribution in [0.4, 0.5) is 8.78 Å². The highest BCUT2D eigenvalue weighted by molar-refractivity contribution is 5.38. The Balaban J connectivity index is 2.17. The molecule has 1 heterocycles. The number of hydrogen-bond donors (Lipinski definition) is 0. The molecule has 1 aliphatic heterocycles. The van der Waals surface area contributed by atoms with E-state index in [9.17, 15) is 8.78 Å². The Morgan fingerprint density at radius 2 is 2.18 bits per heavy atom. The van der Waals surface area contributed by atoms with Crippen LogP contribution in [0.2, 0.25) is 0 Å². The van der Waals surface area contributed by atoms with Gasteiger partial charge in [-0.3, -0.25) is 4.90 Å². The van der Waals surface area contributed by atoms with Gasteiger partial charge in [-0.2, -0.15) is 5.26 Å². The van der Waals surface area contributed by atoms with Gasteiger partial charge in [0.2, 0.25) is 0 Å². The average Bonchev–Trinajstić information content (AvgIpc) is 2.29. The molecule has 4 heteroatoms. The van der Waals surface area contributed by atoms with Crippen LogP contribution in [0.1, 0.15) is 17.5 Å². The van der Waals surface area contributed by atoms with Crippen molar-refractivity contribution in [2.75, 3.05) is 13.1 Å². The molecule has 17 heavy (non-hydrogen) atoms. The van der Waals surface area contributed by atoms with Crippen LogP contribution in [0.15, 0.2) is 30.1 Å². The number of halogens is 2. The fourth-order valence-corrected chi connectivity index (χ4v) is 1.96. The molecule has 0 aliphatic carbocycles. The van der Waals surface area contributed by atoms with E-state index in [1.54, 1.807) is 18.2 Å². The van der Waals surface area contributed by atoms with E-state index in [1.165, 1.54) is 6.07 Å². The zero-order valence-corrected chi connectivity index (χ0v) is 9.29. The largest absolute Gasteiger partial charge is 0.292 e. The first-order chi connectivity index (χ1) is 8.20. The lowest BCUT2D eigenvalue weighted by molar-refractivity contribution is 0.259. The Kier molecular flexibility index (Phi) is 3.50. The summed E-state index contributed by atoms with van der Waals surface area (Å²) < 4.78 is 26.4. The van der Waals surface area contributed by atoms with Crippen LogP contribution in [0.25, 0.3) is 0 Å². The standard InChI is InChI=1S/C13H12F2N2/c14-11-4-2-6-17(9-11)8-10-3-1-5-13(15)12(10)7-16/h1,3-5H,2,6,8-9H2. The maximum Gasteiger partial charge on any atom is 0.141 e. The first-order valence-electron chi connectivity index (χ1n) is 5.45. The van der Waals surface area contributed by atoms with Crippen molar-refractivity contribution in [3.8, 4) is 6.07 Å². The van der Waals surface area contributed by atoms with Crippen molar-refractivity contribution in [3.63, 3.8) is 0 Å². The maximum atomic E-state index is 13.4. The minimum atomic E-state index is -0.516. The molecule has 0 saturated carbocycles. The van der Waals surface area contributed by atoms with Crippen molar-refractivity contribution < 1.29 is 8.78 Å². The van der Waals surface area contributed by atoms with E-state index in [2.05, 4.69) is 0 Å². The molecule has 0 unspecified atom stereocenters. The molecule has 0 spiro atoms. The van der Waals surface area contributed by atoms with Gasteiger partial charge in [-0.25, -0.2) is 8.78 Å². The molecular weight excluding hydrogens is 222 g/mol. The minimum absolute atomic E-state index is 0.0578. The van der Waals surface area contributed by atoms with Gasteiger partial charge in [0.05, 0.1) is 12.1 Å². The molecule has 0 radical (unpaired) electrons. The van der Waals surface area contributed by atoms with Crippen molar-refractivity contribution in [2.24, 2.45) is 0 Å². The predicted molar refractivity (Wildman–Crippen MR) is 60.2 cm³/mol. The first kappa shape index (κ1) is 11.7. The van der Waals surface area contributed by atoms with Crippen molar-refractivity contribution in [2.45, 2.75) is 13.0 Å². The molecule has 0 amide bonds. The van der Waals surface area contributed by atoms with E-state index in [0.29, 0.717) is 18.5 Å². The summed E-state index contributed by atoms with van der Waals surface area (Å²) in [6, 6.07) is 6.39. The molecule has 0 saturated heterocycles. The van der Waals surface area contributed by atoms with Gasteiger partial charge < -0.3 is 0 Å². The van der Waals surface area contributed by atoms with Gasteiger partial charge >= 0.3 is 0 Å². The molecule has 0 aromatic heterocycles. The Morgan fingerprint density at radius 3 is 2.88 bits per heavy atom. The Hall–Kier alpha value is -1.73. The number of hydrogen-bond acceptors (Lipinski definition) is 2. The SMILES string of the molecule is N#Cc1c(F)cccc1CN1CCC=C(F)C1. The molecule has 0 bridgehead atoms. The monoisotopic (exact) mass is 234 g/mol. The number of nitriles is 1. The smallest absolute Gasteiger partial charge is 0.141 e. The van der Waals surface area contributed by atoms with Crippen LogP contribution >= 0.6 is 0 Å². The Labute approximate surface area is 98.8 Å². The molecule has 0 fully saturated rings. The van der Waals surface area contributed by atoms with Crippen LogP contribution in [0, 0.1) is 17.1 Å². The van der Waals surface area contributed by atoms with E-state index < -0.39 is 5.82 Å². The molecule has 1 aromatic rings. The van der Waals surface area contributed by atoms with E-state index >= 15 is 0 Å². The summed E-state index contributed by atoms with van der Waals surface area (Å²) in [4.78, 5) is 1.87. The van der Waals surface area contributed by atoms with Gasteiger partial charge in [0, 0.05) is 13.1 Å². The minimum Gasteiger partial charge on any atom is -0.292 e. The van der Waals surface area contributed by atoms with Crippen molar-refractivity contribution in [1.29, 1.82) is 5.26 Å². The number of nitrogens with zero attached hydrogens (tertiary/aromatic N) is 2. The summed E-state index contributed by atoms with van der Waals surface area (Å²) in [6.07, 6.45) is 2.22. The molecule has 88 valence electrons. The topological polar surface area (TPSA) is 27.0 Å². The van der Waals surface area contributed by atoms with Gasteiger partial charge in [-0.1, -0.05) is 18.2 Å². The molecule has 1 aromatic carbocycles. The summed E-state index contributed by atoms with van der Waals surface area (Å²) in [5.74, 6) is -0.677. The number of rotatable bonds is 2. The lowest BCUT2D eigenvalue weighted by Gasteiger charge is -2.24. The second-order valence-electron chi connectivity index (χ2n) is 4.04. The van der Waals surface area contributed by atoms with E-state index in [-0.39, 0.29) is 17.9 Å². The lowest BCUT2D eigenvalue weighted by atomic mass is 10.1. The highest BCUT2D eigenvalue weighted by atomic mass is 19.1. The molecule has 2 rings (SSSR count). The third-order valence-corrected chi connectivity index (χ3v) is 2.79. The zero-order valence-electron chi connectivity index (χ0n) is 9.29. The van der Waals surface area contributed by atoms with Crippen LogP contribution in [-0.2, 0) is 6.54 Å². The van der Waals surface area contributed by atoms with E-state index in [1.807, 2.05) is 11.0 Å². The van der Waals surface area contributed by atoms with Gasteiger partial charge in [0.25, 0.3) is 0 Å². The van der Waals surface area contributed by atoms with Crippen molar-refractivity contribution >= 4 is 0 Å². The van der Waals surface area contributed by atoms with Crippen LogP contribution in [0.3, 0.4) is 0 Å². The summed E-state index contributed by atoms with van der Waals surface area (Å²) >= 11 is 0. The highest BCUT2D eigenvalue weighted by Gasteiger charge is 2.15. The normalized spacial score (nSPS) is 16.4. The first-order valence-corrected chi connectivity index (χ1v) is 5.45. The fourth-order valence-electron chi connectivity index (χ4n) is 1.96. The van der Waals surface area contributed by atoms with E-state index in [0.717, 1.165) is 6.54 Å². The average molecular weight is 234 g/mol. The number of benzene rings is 1. The van der Waals surface area contributed by atoms with Crippen LogP contribution < -0.4 is 0 Å². The Bertz CT molecular complexity index is 489. The maximum absolute atomic E-state index is 13.4. The molecule has 2 nitrogen and oxygen atoms in total. The molecular formula is C13H12F2N2. The van der Waals surface area contributed by atoms with Gasteiger partial charge in [-0.05, 0) is 18.1 Å². The van der Waals surface area contributed by atoms with Gasteiger partial charge in [0.1, 0.15) is 17.7 Å². The third-order valence-electron chi connectivity index (χ3n) is 2.79. The summed E-state index contributed by atoms with van der Waals surface area (Å²) in [5.41, 5.74) is 0.671. The fraction of sp³-hybridized carbons (Fsp3) is 0.308. The van der Waals surface area contributed by atoms with Crippen LogP contribution in [0.5, 0.6) is 0 Å². The lowest BCUT2D eigenvalue weighted by Crippen LogP contribution is -2.28. The summed E-state index contributed by atoms with van der Waals surface area (Å²) in [5, 5.41) is 8.89. The summed E-state index contributed by atoms with van der Waals surface area (Å²) in [7, 11) is 0. The molecule has 0 N–H and O–H groups in total. The second-order valence-corrected chi connectivity index (χ2v) is 4.04. The van der Waals surface area contributed by atoms with Crippen molar-refractivity contribution in [3.05, 3.63) is 47.0 Å². The third kappa shape index (κ3) is 2.69. The zero-order chi connectivity index (χ0) is 12.3. The molecule has 1 aliphatic rings. The molecule has 0 atom stereocenters. The van der Waals surface area contributed by atoms with Crippen LogP contribution in [-0.4, -0.2) is 18.0 Å². The second kappa shape index (κ2) is 5.07. The van der Waals surface area contributed by atoms with Gasteiger partial charge in [0.15, 0.2) is 0 Å². The quantitative estimate of drug-likeness (QED) is 0.786. The van der Waals surface area contributed by atoms with E-state index in [4.69, 9.17) is 5.26 Å².